The van der Waals surface area contributed by atoms with Crippen molar-refractivity contribution in [2.24, 2.45) is 4.99 Å². The number of nitrogens with zero attached hydrogens (tertiary/aromatic N) is 4. The van der Waals surface area contributed by atoms with Crippen molar-refractivity contribution >= 4 is 5.96 Å². The maximum absolute atomic E-state index is 4.80. The monoisotopic (exact) mass is 444 g/mol. The second kappa shape index (κ2) is 12.2. The third-order valence-electron chi connectivity index (χ3n) is 6.02. The molecule has 6 nitrogen and oxygen atoms in total. The van der Waals surface area contributed by atoms with Gasteiger partial charge in [-0.25, -0.2) is 9.98 Å². The van der Waals surface area contributed by atoms with Crippen LogP contribution in [0.2, 0.25) is 0 Å². The van der Waals surface area contributed by atoms with Crippen molar-refractivity contribution in [3.05, 3.63) is 89.5 Å². The first kappa shape index (κ1) is 23.1. The van der Waals surface area contributed by atoms with E-state index in [0.717, 1.165) is 32.1 Å². The van der Waals surface area contributed by atoms with Gasteiger partial charge in [-0.1, -0.05) is 55.0 Å². The maximum atomic E-state index is 4.80. The number of imidazole rings is 1. The smallest absolute Gasteiger partial charge is 0.191 e. The molecule has 2 heterocycles. The average Bonchev–Trinajstić information content (AvgIpc) is 3.36. The van der Waals surface area contributed by atoms with Crippen molar-refractivity contribution in [3.8, 4) is 0 Å². The van der Waals surface area contributed by atoms with Crippen LogP contribution in [0, 0.1) is 0 Å². The number of hydrogen-bond acceptors (Lipinski definition) is 3. The Morgan fingerprint density at radius 2 is 1.70 bits per heavy atom. The van der Waals surface area contributed by atoms with Gasteiger partial charge in [-0.3, -0.25) is 4.90 Å². The summed E-state index contributed by atoms with van der Waals surface area (Å²) in [5.41, 5.74) is 5.12. The molecule has 33 heavy (non-hydrogen) atoms. The van der Waals surface area contributed by atoms with Gasteiger partial charge in [-0.2, -0.15) is 0 Å². The van der Waals surface area contributed by atoms with E-state index in [1.807, 2.05) is 18.7 Å². The molecule has 2 aromatic carbocycles. The maximum Gasteiger partial charge on any atom is 0.191 e. The summed E-state index contributed by atoms with van der Waals surface area (Å²) in [6.07, 6.45) is 9.70. The molecule has 0 radical (unpaired) electrons. The molecule has 0 unspecified atom stereocenters. The molecule has 4 rings (SSSR count). The van der Waals surface area contributed by atoms with E-state index in [1.54, 1.807) is 0 Å². The number of aromatic nitrogens is 2. The first-order valence-electron chi connectivity index (χ1n) is 12.1. The SMILES string of the molecule is CCNC(=NCc1cccc(Cn2ccnc2)c1)NCc1ccc(CN2CCCCC2)cc1. The number of piperidine rings is 1. The fourth-order valence-electron chi connectivity index (χ4n) is 4.25. The lowest BCUT2D eigenvalue weighted by Crippen LogP contribution is -2.36. The zero-order valence-electron chi connectivity index (χ0n) is 19.7. The minimum atomic E-state index is 0.641. The van der Waals surface area contributed by atoms with E-state index in [-0.39, 0.29) is 0 Å². The van der Waals surface area contributed by atoms with Crippen LogP contribution in [0.1, 0.15) is 48.4 Å². The molecule has 6 heteroatoms. The molecule has 0 amide bonds. The van der Waals surface area contributed by atoms with Crippen molar-refractivity contribution in [1.29, 1.82) is 0 Å². The Hall–Kier alpha value is -3.12. The predicted molar refractivity (Wildman–Crippen MR) is 135 cm³/mol. The second-order valence-corrected chi connectivity index (χ2v) is 8.76. The molecule has 1 saturated heterocycles. The van der Waals surface area contributed by atoms with E-state index < -0.39 is 0 Å². The lowest BCUT2D eigenvalue weighted by Gasteiger charge is -2.26. The first-order valence-corrected chi connectivity index (χ1v) is 12.1. The van der Waals surface area contributed by atoms with E-state index >= 15 is 0 Å². The molecule has 3 aromatic rings. The molecule has 174 valence electrons. The molecule has 1 aliphatic heterocycles. The lowest BCUT2D eigenvalue weighted by atomic mass is 10.1. The van der Waals surface area contributed by atoms with Crippen molar-refractivity contribution in [3.63, 3.8) is 0 Å². The van der Waals surface area contributed by atoms with Crippen LogP contribution in [-0.2, 0) is 26.2 Å². The molecule has 1 aliphatic rings. The Balaban J connectivity index is 1.30. The number of aliphatic imine (C=N–C) groups is 1. The Morgan fingerprint density at radius 3 is 2.45 bits per heavy atom. The summed E-state index contributed by atoms with van der Waals surface area (Å²) in [4.78, 5) is 11.5. The molecule has 1 fully saturated rings. The van der Waals surface area contributed by atoms with E-state index in [2.05, 4.69) is 80.5 Å². The van der Waals surface area contributed by atoms with Crippen LogP contribution in [0.15, 0.2) is 72.2 Å². The van der Waals surface area contributed by atoms with Crippen molar-refractivity contribution in [1.82, 2.24) is 25.1 Å². The number of nitrogens with one attached hydrogen (secondary N) is 2. The fraction of sp³-hybridized carbons (Fsp3) is 0.407. The summed E-state index contributed by atoms with van der Waals surface area (Å²) in [5, 5.41) is 6.83. The van der Waals surface area contributed by atoms with E-state index in [9.17, 15) is 0 Å². The van der Waals surface area contributed by atoms with Gasteiger partial charge < -0.3 is 15.2 Å². The van der Waals surface area contributed by atoms with Gasteiger partial charge in [-0.05, 0) is 55.1 Å². The summed E-state index contributed by atoms with van der Waals surface area (Å²) in [6.45, 7) is 8.69. The molecule has 0 atom stereocenters. The lowest BCUT2D eigenvalue weighted by molar-refractivity contribution is 0.221. The molecule has 0 saturated carbocycles. The van der Waals surface area contributed by atoms with E-state index in [0.29, 0.717) is 6.54 Å². The number of benzene rings is 2. The van der Waals surface area contributed by atoms with Gasteiger partial charge in [0, 0.05) is 38.6 Å². The zero-order chi connectivity index (χ0) is 22.7. The van der Waals surface area contributed by atoms with Gasteiger partial charge in [0.15, 0.2) is 5.96 Å². The van der Waals surface area contributed by atoms with Crippen LogP contribution in [-0.4, -0.2) is 40.0 Å². The number of rotatable bonds is 9. The third kappa shape index (κ3) is 7.46. The van der Waals surface area contributed by atoms with Gasteiger partial charge in [0.05, 0.1) is 12.9 Å². The van der Waals surface area contributed by atoms with Crippen molar-refractivity contribution < 1.29 is 0 Å². The second-order valence-electron chi connectivity index (χ2n) is 8.76. The molecule has 2 N–H and O–H groups in total. The standard InChI is InChI=1S/C27H36N6/c1-2-29-27(31-19-25-7-6-8-26(17-25)21-33-16-13-28-22-33)30-18-23-9-11-24(12-10-23)20-32-14-4-3-5-15-32/h6-13,16-17,22H,2-5,14-15,18-21H2,1H3,(H2,29,30,31). The minimum Gasteiger partial charge on any atom is -0.357 e. The first-order chi connectivity index (χ1) is 16.3. The highest BCUT2D eigenvalue weighted by Crippen LogP contribution is 2.14. The number of guanidine groups is 1. The largest absolute Gasteiger partial charge is 0.357 e. The number of likely N-dealkylation sites (tertiary alicyclic amines) is 1. The van der Waals surface area contributed by atoms with Gasteiger partial charge in [0.2, 0.25) is 0 Å². The van der Waals surface area contributed by atoms with Crippen LogP contribution in [0.4, 0.5) is 0 Å². The van der Waals surface area contributed by atoms with Gasteiger partial charge in [0.25, 0.3) is 0 Å². The number of hydrogen-bond donors (Lipinski definition) is 2. The molecule has 0 spiro atoms. The van der Waals surface area contributed by atoms with Crippen molar-refractivity contribution in [2.45, 2.75) is 52.4 Å². The fourth-order valence-corrected chi connectivity index (χ4v) is 4.25. The Morgan fingerprint density at radius 1 is 0.909 bits per heavy atom. The minimum absolute atomic E-state index is 0.641. The Kier molecular flexibility index (Phi) is 8.53. The van der Waals surface area contributed by atoms with Crippen LogP contribution in [0.25, 0.3) is 0 Å². The zero-order valence-corrected chi connectivity index (χ0v) is 19.7. The summed E-state index contributed by atoms with van der Waals surface area (Å²) in [6, 6.07) is 17.6. The van der Waals surface area contributed by atoms with Crippen LogP contribution >= 0.6 is 0 Å². The Bertz CT molecular complexity index is 988. The predicted octanol–water partition coefficient (Wildman–Crippen LogP) is 4.17. The summed E-state index contributed by atoms with van der Waals surface area (Å²) < 4.78 is 2.08. The summed E-state index contributed by atoms with van der Waals surface area (Å²) in [7, 11) is 0. The molecular formula is C27H36N6. The molecule has 0 bridgehead atoms. The van der Waals surface area contributed by atoms with E-state index in [1.165, 1.54) is 54.6 Å². The topological polar surface area (TPSA) is 57.5 Å². The quantitative estimate of drug-likeness (QED) is 0.384. The van der Waals surface area contributed by atoms with Gasteiger partial charge in [0.1, 0.15) is 0 Å². The highest BCUT2D eigenvalue weighted by molar-refractivity contribution is 5.79. The highest BCUT2D eigenvalue weighted by Gasteiger charge is 2.10. The normalized spacial score (nSPS) is 14.9. The van der Waals surface area contributed by atoms with Gasteiger partial charge >= 0.3 is 0 Å². The Labute approximate surface area is 197 Å². The third-order valence-corrected chi connectivity index (χ3v) is 6.02. The molecular weight excluding hydrogens is 408 g/mol. The molecule has 1 aromatic heterocycles. The van der Waals surface area contributed by atoms with E-state index in [4.69, 9.17) is 4.99 Å². The van der Waals surface area contributed by atoms with Gasteiger partial charge in [-0.15, -0.1) is 0 Å². The van der Waals surface area contributed by atoms with Crippen LogP contribution in [0.3, 0.4) is 0 Å². The van der Waals surface area contributed by atoms with Crippen LogP contribution in [0.5, 0.6) is 0 Å². The molecule has 0 aliphatic carbocycles. The van der Waals surface area contributed by atoms with Crippen LogP contribution < -0.4 is 10.6 Å². The summed E-state index contributed by atoms with van der Waals surface area (Å²) in [5.74, 6) is 0.843. The van der Waals surface area contributed by atoms with Crippen molar-refractivity contribution in [2.75, 3.05) is 19.6 Å². The average molecular weight is 445 g/mol. The highest BCUT2D eigenvalue weighted by atomic mass is 15.2. The summed E-state index contributed by atoms with van der Waals surface area (Å²) >= 11 is 0.